The number of carbonyl (C=O) groups excluding carboxylic acids is 1. The Balaban J connectivity index is 1.56. The lowest BCUT2D eigenvalue weighted by Gasteiger charge is -2.25. The van der Waals surface area contributed by atoms with E-state index in [1.54, 1.807) is 54.6 Å². The minimum Gasteiger partial charge on any atom is -0.485 e. The fourth-order valence-electron chi connectivity index (χ4n) is 2.19. The van der Waals surface area contributed by atoms with E-state index < -0.39 is 22.0 Å². The first-order valence-corrected chi connectivity index (χ1v) is 8.90. The quantitative estimate of drug-likeness (QED) is 0.786. The Hall–Kier alpha value is -2.58. The summed E-state index contributed by atoms with van der Waals surface area (Å²) in [6, 6.07) is 15.6. The summed E-state index contributed by atoms with van der Waals surface area (Å²) in [6.07, 6.45) is -0.931. The largest absolute Gasteiger partial charge is 0.485 e. The third-order valence-corrected chi connectivity index (χ3v) is 4.46. The van der Waals surface area contributed by atoms with Crippen LogP contribution in [-0.2, 0) is 20.6 Å². The minimum absolute atomic E-state index is 0.00323. The molecule has 3 rings (SSSR count). The Morgan fingerprint density at radius 2 is 1.71 bits per heavy atom. The molecule has 8 heteroatoms. The lowest BCUT2D eigenvalue weighted by molar-refractivity contribution is -0.130. The lowest BCUT2D eigenvalue weighted by Crippen LogP contribution is -2.51. The van der Waals surface area contributed by atoms with E-state index in [1.807, 2.05) is 0 Å². The van der Waals surface area contributed by atoms with Crippen LogP contribution in [-0.4, -0.2) is 27.0 Å². The Kier molecular flexibility index (Phi) is 4.68. The van der Waals surface area contributed by atoms with Gasteiger partial charge in [-0.05, 0) is 17.7 Å². The van der Waals surface area contributed by atoms with Crippen molar-refractivity contribution in [2.45, 2.75) is 11.9 Å². The van der Waals surface area contributed by atoms with E-state index in [2.05, 4.69) is 10.3 Å². The van der Waals surface area contributed by atoms with Gasteiger partial charge in [-0.25, -0.2) is 8.42 Å². The predicted molar refractivity (Wildman–Crippen MR) is 86.7 cm³/mol. The smallest absolute Gasteiger partial charge is 0.279 e. The van der Waals surface area contributed by atoms with Crippen LogP contribution in [0, 0.1) is 0 Å². The Morgan fingerprint density at radius 1 is 1.04 bits per heavy atom. The molecule has 0 radical (unpaired) electrons. The molecule has 1 aliphatic heterocycles. The van der Waals surface area contributed by atoms with Crippen LogP contribution in [0.3, 0.4) is 0 Å². The molecule has 0 spiro atoms. The molecule has 0 unspecified atom stereocenters. The van der Waals surface area contributed by atoms with Crippen molar-refractivity contribution < 1.29 is 22.7 Å². The molecule has 0 saturated carbocycles. The second-order valence-electron chi connectivity index (χ2n) is 5.20. The molecule has 1 amide bonds. The molecule has 0 fully saturated rings. The second kappa shape index (κ2) is 6.90. The maximum atomic E-state index is 12.1. The first-order chi connectivity index (χ1) is 11.5. The van der Waals surface area contributed by atoms with Gasteiger partial charge >= 0.3 is 0 Å². The highest BCUT2D eigenvalue weighted by atomic mass is 32.2. The van der Waals surface area contributed by atoms with Crippen LogP contribution in [0.2, 0.25) is 0 Å². The highest BCUT2D eigenvalue weighted by molar-refractivity contribution is 7.88. The number of hydrogen-bond acceptors (Lipinski definition) is 5. The number of ether oxygens (including phenoxy) is 2. The van der Waals surface area contributed by atoms with Crippen LogP contribution < -0.4 is 19.7 Å². The van der Waals surface area contributed by atoms with Crippen LogP contribution in [0.15, 0.2) is 54.6 Å². The molecule has 7 nitrogen and oxygen atoms in total. The van der Waals surface area contributed by atoms with E-state index in [-0.39, 0.29) is 12.4 Å². The van der Waals surface area contributed by atoms with Crippen LogP contribution in [0.25, 0.3) is 0 Å². The lowest BCUT2D eigenvalue weighted by atomic mass is 10.2. The van der Waals surface area contributed by atoms with Crippen molar-refractivity contribution in [3.63, 3.8) is 0 Å². The number of nitrogens with one attached hydrogen (secondary N) is 2. The zero-order chi connectivity index (χ0) is 17.0. The van der Waals surface area contributed by atoms with Crippen molar-refractivity contribution in [1.82, 2.24) is 10.3 Å². The van der Waals surface area contributed by atoms with Gasteiger partial charge < -0.3 is 9.47 Å². The number of amides is 1. The molecule has 1 atom stereocenters. The fraction of sp³-hybridized carbons (Fsp3) is 0.188. The van der Waals surface area contributed by atoms with E-state index in [9.17, 15) is 13.2 Å². The summed E-state index contributed by atoms with van der Waals surface area (Å²) in [5.41, 5.74) is 2.78. The van der Waals surface area contributed by atoms with Crippen molar-refractivity contribution in [3.05, 3.63) is 60.2 Å². The number of sulfonamides is 1. The summed E-state index contributed by atoms with van der Waals surface area (Å²) in [6.45, 7) is 0.00323. The summed E-state index contributed by atoms with van der Waals surface area (Å²) in [4.78, 5) is 14.1. The van der Waals surface area contributed by atoms with E-state index in [0.29, 0.717) is 17.1 Å². The second-order valence-corrected chi connectivity index (χ2v) is 6.92. The summed E-state index contributed by atoms with van der Waals surface area (Å²) in [5.74, 6) is 0.127. The van der Waals surface area contributed by atoms with Gasteiger partial charge in [0.05, 0.1) is 5.75 Å². The average molecular weight is 348 g/mol. The zero-order valence-corrected chi connectivity index (χ0v) is 13.5. The highest BCUT2D eigenvalue weighted by Crippen LogP contribution is 2.30. The molecule has 1 heterocycles. The molecule has 0 bridgehead atoms. The number of hydrogen-bond donors (Lipinski definition) is 2. The summed E-state index contributed by atoms with van der Waals surface area (Å²) >= 11 is 0. The summed E-state index contributed by atoms with van der Waals surface area (Å²) in [7, 11) is -3.71. The normalized spacial score (nSPS) is 16.4. The maximum absolute atomic E-state index is 12.1. The van der Waals surface area contributed by atoms with Crippen molar-refractivity contribution in [3.8, 4) is 11.5 Å². The Bertz CT molecular complexity index is 823. The molecular weight excluding hydrogens is 332 g/mol. The number of carbonyl (C=O) groups is 1. The molecule has 0 saturated heterocycles. The van der Waals surface area contributed by atoms with Crippen LogP contribution in [0.4, 0.5) is 0 Å². The molecule has 2 aromatic rings. The molecule has 0 aliphatic carbocycles. The van der Waals surface area contributed by atoms with Gasteiger partial charge in [0.2, 0.25) is 16.1 Å². The molecular formula is C16H16N2O5S. The number of fused-ring (bicyclic) bond motifs is 1. The Morgan fingerprint density at radius 3 is 2.46 bits per heavy atom. The van der Waals surface area contributed by atoms with E-state index >= 15 is 0 Å². The van der Waals surface area contributed by atoms with Crippen molar-refractivity contribution in [2.24, 2.45) is 0 Å². The topological polar surface area (TPSA) is 93.7 Å². The predicted octanol–water partition coefficient (Wildman–Crippen LogP) is 0.977. The molecule has 0 aromatic heterocycles. The SMILES string of the molecule is O=C(NNS(=O)(=O)Cc1ccccc1)[C@H]1COc2ccccc2O1. The van der Waals surface area contributed by atoms with Crippen molar-refractivity contribution in [2.75, 3.05) is 6.61 Å². The van der Waals surface area contributed by atoms with Crippen molar-refractivity contribution >= 4 is 15.9 Å². The molecule has 1 aliphatic rings. The minimum atomic E-state index is -3.71. The van der Waals surface area contributed by atoms with E-state index in [4.69, 9.17) is 9.47 Å². The van der Waals surface area contributed by atoms with Gasteiger partial charge in [0.25, 0.3) is 5.91 Å². The van der Waals surface area contributed by atoms with Crippen LogP contribution >= 0.6 is 0 Å². The van der Waals surface area contributed by atoms with E-state index in [0.717, 1.165) is 0 Å². The number of benzene rings is 2. The highest BCUT2D eigenvalue weighted by Gasteiger charge is 2.28. The molecule has 2 N–H and O–H groups in total. The fourth-order valence-corrected chi connectivity index (χ4v) is 3.15. The van der Waals surface area contributed by atoms with E-state index in [1.165, 1.54) is 0 Å². The molecule has 126 valence electrons. The first-order valence-electron chi connectivity index (χ1n) is 7.25. The molecule has 24 heavy (non-hydrogen) atoms. The van der Waals surface area contributed by atoms with Gasteiger partial charge in [-0.3, -0.25) is 10.2 Å². The number of para-hydroxylation sites is 2. The van der Waals surface area contributed by atoms with Gasteiger partial charge in [0, 0.05) is 0 Å². The third kappa shape index (κ3) is 4.03. The van der Waals surface area contributed by atoms with Gasteiger partial charge in [0.1, 0.15) is 6.61 Å². The van der Waals surface area contributed by atoms with Gasteiger partial charge in [-0.2, -0.15) is 0 Å². The zero-order valence-electron chi connectivity index (χ0n) is 12.6. The van der Waals surface area contributed by atoms with Crippen LogP contribution in [0.1, 0.15) is 5.56 Å². The third-order valence-electron chi connectivity index (χ3n) is 3.33. The average Bonchev–Trinajstić information content (AvgIpc) is 2.60. The monoisotopic (exact) mass is 348 g/mol. The first kappa shape index (κ1) is 16.3. The number of hydrazine groups is 1. The maximum Gasteiger partial charge on any atom is 0.279 e. The Labute approximate surface area is 139 Å². The van der Waals surface area contributed by atoms with Crippen molar-refractivity contribution in [1.29, 1.82) is 0 Å². The van der Waals surface area contributed by atoms with Crippen LogP contribution in [0.5, 0.6) is 11.5 Å². The standard InChI is InChI=1S/C16H16N2O5S/c19-16(15-10-22-13-8-4-5-9-14(13)23-15)17-18-24(20,21)11-12-6-2-1-3-7-12/h1-9,15,18H,10-11H2,(H,17,19)/t15-/m1/s1. The summed E-state index contributed by atoms with van der Waals surface area (Å²) in [5, 5.41) is 0. The summed E-state index contributed by atoms with van der Waals surface area (Å²) < 4.78 is 34.9. The van der Waals surface area contributed by atoms with Gasteiger partial charge in [-0.15, -0.1) is 4.83 Å². The van der Waals surface area contributed by atoms with Gasteiger partial charge in [-0.1, -0.05) is 42.5 Å². The number of rotatable bonds is 5. The molecule has 2 aromatic carbocycles. The van der Waals surface area contributed by atoms with Gasteiger partial charge in [0.15, 0.2) is 11.5 Å².